The quantitative estimate of drug-likeness (QED) is 0.585. The number of hydrogen-bond donors (Lipinski definition) is 1. The summed E-state index contributed by atoms with van der Waals surface area (Å²) in [4.78, 5) is 17.0. The first-order valence-electron chi connectivity index (χ1n) is 10.2. The van der Waals surface area contributed by atoms with Crippen LogP contribution in [0.5, 0.6) is 11.5 Å². The molecule has 2 aromatic rings. The number of rotatable bonds is 10. The van der Waals surface area contributed by atoms with Gasteiger partial charge in [-0.05, 0) is 35.9 Å². The lowest BCUT2D eigenvalue weighted by atomic mass is 10.0. The van der Waals surface area contributed by atoms with E-state index in [4.69, 9.17) is 14.2 Å². The summed E-state index contributed by atoms with van der Waals surface area (Å²) in [7, 11) is 7.25. The molecule has 0 atom stereocenters. The van der Waals surface area contributed by atoms with Crippen LogP contribution in [0.3, 0.4) is 0 Å². The van der Waals surface area contributed by atoms with E-state index >= 15 is 0 Å². The molecule has 7 nitrogen and oxygen atoms in total. The number of hydrogen-bond acceptors (Lipinski definition) is 7. The Morgan fingerprint density at radius 2 is 1.65 bits per heavy atom. The van der Waals surface area contributed by atoms with Gasteiger partial charge in [0.05, 0.1) is 24.3 Å². The highest BCUT2D eigenvalue weighted by Gasteiger charge is 2.31. The molecule has 0 aromatic heterocycles. The summed E-state index contributed by atoms with van der Waals surface area (Å²) in [5.74, 6) is 0.581. The van der Waals surface area contributed by atoms with Crippen molar-refractivity contribution in [1.82, 2.24) is 4.90 Å². The first-order valence-corrected chi connectivity index (χ1v) is 10.2. The zero-order valence-electron chi connectivity index (χ0n) is 18.6. The zero-order chi connectivity index (χ0) is 22.4. The van der Waals surface area contributed by atoms with Crippen molar-refractivity contribution in [2.24, 2.45) is 0 Å². The van der Waals surface area contributed by atoms with Crippen LogP contribution in [0.1, 0.15) is 21.5 Å². The Morgan fingerprint density at radius 3 is 2.23 bits per heavy atom. The molecular formula is C24H30N2O5. The summed E-state index contributed by atoms with van der Waals surface area (Å²) in [5, 5.41) is 10.5. The lowest BCUT2D eigenvalue weighted by Gasteiger charge is -2.23. The largest absolute Gasteiger partial charge is 0.507 e. The molecule has 0 bridgehead atoms. The summed E-state index contributed by atoms with van der Waals surface area (Å²) < 4.78 is 16.4. The van der Waals surface area contributed by atoms with Crippen LogP contribution in [0.4, 0.5) is 5.69 Å². The fourth-order valence-electron chi connectivity index (χ4n) is 3.40. The number of methoxy groups -OCH3 is 2. The highest BCUT2D eigenvalue weighted by molar-refractivity contribution is 6.15. The van der Waals surface area contributed by atoms with E-state index in [0.29, 0.717) is 49.7 Å². The number of Topliss-reactive ketones (excluding diaryl/α,β-unsaturated/α-hetero) is 1. The highest BCUT2D eigenvalue weighted by Crippen LogP contribution is 2.40. The Morgan fingerprint density at radius 1 is 1.00 bits per heavy atom. The topological polar surface area (TPSA) is 71.5 Å². The van der Waals surface area contributed by atoms with Gasteiger partial charge in [0, 0.05) is 53.6 Å². The van der Waals surface area contributed by atoms with E-state index in [9.17, 15) is 9.90 Å². The molecule has 0 saturated heterocycles. The average Bonchev–Trinajstić information content (AvgIpc) is 3.07. The predicted molar refractivity (Wildman–Crippen MR) is 121 cm³/mol. The average molecular weight is 427 g/mol. The summed E-state index contributed by atoms with van der Waals surface area (Å²) >= 11 is 0. The van der Waals surface area contributed by atoms with Crippen LogP contribution in [0.2, 0.25) is 0 Å². The molecule has 0 amide bonds. The Kier molecular flexibility index (Phi) is 7.68. The van der Waals surface area contributed by atoms with E-state index in [1.807, 2.05) is 43.3 Å². The molecule has 0 radical (unpaired) electrons. The molecule has 0 fully saturated rings. The van der Waals surface area contributed by atoms with Crippen molar-refractivity contribution in [1.29, 1.82) is 0 Å². The molecule has 0 unspecified atom stereocenters. The third-order valence-corrected chi connectivity index (χ3v) is 5.23. The second-order valence-corrected chi connectivity index (χ2v) is 7.63. The molecule has 1 heterocycles. The van der Waals surface area contributed by atoms with Crippen LogP contribution in [-0.2, 0) is 16.0 Å². The fraction of sp³-hybridized carbons (Fsp3) is 0.375. The molecular weight excluding hydrogens is 396 g/mol. The summed E-state index contributed by atoms with van der Waals surface area (Å²) in [6.45, 7) is 2.84. The molecule has 3 rings (SSSR count). The summed E-state index contributed by atoms with van der Waals surface area (Å²) in [5.41, 5.74) is 2.99. The standard InChI is InChI=1S/C24H30N2O5/c1-25(2)18-7-5-17(6-8-18)15-22-23(28)19-9-10-21(27)20(24(19)31-22)16-26(11-13-29-3)12-14-30-4/h5-10,15,27H,11-14,16H2,1-4H3/b22-15+. The van der Waals surface area contributed by atoms with Crippen molar-refractivity contribution >= 4 is 17.5 Å². The Labute approximate surface area is 183 Å². The number of anilines is 1. The van der Waals surface area contributed by atoms with Gasteiger partial charge in [-0.2, -0.15) is 0 Å². The van der Waals surface area contributed by atoms with Gasteiger partial charge in [0.25, 0.3) is 0 Å². The number of ether oxygens (including phenoxy) is 3. The maximum absolute atomic E-state index is 12.9. The summed E-state index contributed by atoms with van der Waals surface area (Å²) in [6, 6.07) is 11.0. The van der Waals surface area contributed by atoms with Crippen LogP contribution in [0.15, 0.2) is 42.2 Å². The minimum Gasteiger partial charge on any atom is -0.507 e. The van der Waals surface area contributed by atoms with Gasteiger partial charge in [0.2, 0.25) is 5.78 Å². The monoisotopic (exact) mass is 426 g/mol. The highest BCUT2D eigenvalue weighted by atomic mass is 16.5. The predicted octanol–water partition coefficient (Wildman–Crippen LogP) is 3.17. The lowest BCUT2D eigenvalue weighted by Crippen LogP contribution is -2.30. The maximum Gasteiger partial charge on any atom is 0.231 e. The molecule has 7 heteroatoms. The van der Waals surface area contributed by atoms with Crippen molar-refractivity contribution in [2.45, 2.75) is 6.54 Å². The normalized spacial score (nSPS) is 14.2. The molecule has 1 aliphatic rings. The third kappa shape index (κ3) is 5.44. The van der Waals surface area contributed by atoms with Crippen LogP contribution >= 0.6 is 0 Å². The van der Waals surface area contributed by atoms with Gasteiger partial charge in [0.15, 0.2) is 5.76 Å². The van der Waals surface area contributed by atoms with Crippen molar-refractivity contribution in [3.63, 3.8) is 0 Å². The Bertz CT molecular complexity index is 930. The Balaban J connectivity index is 1.86. The number of aromatic hydroxyl groups is 1. The number of ketones is 1. The SMILES string of the molecule is COCCN(CCOC)Cc1c(O)ccc2c1O/C(=C/c1ccc(N(C)C)cc1)C2=O. The molecule has 0 aliphatic carbocycles. The van der Waals surface area contributed by atoms with E-state index in [1.54, 1.807) is 32.4 Å². The first-order chi connectivity index (χ1) is 14.9. The first kappa shape index (κ1) is 22.8. The van der Waals surface area contributed by atoms with Gasteiger partial charge in [-0.25, -0.2) is 0 Å². The van der Waals surface area contributed by atoms with Gasteiger partial charge >= 0.3 is 0 Å². The molecule has 1 aliphatic heterocycles. The zero-order valence-corrected chi connectivity index (χ0v) is 18.6. The van der Waals surface area contributed by atoms with Crippen LogP contribution in [0.25, 0.3) is 6.08 Å². The number of benzene rings is 2. The van der Waals surface area contributed by atoms with Crippen molar-refractivity contribution < 1.29 is 24.1 Å². The number of carbonyl (C=O) groups excluding carboxylic acids is 1. The Hall–Kier alpha value is -2.87. The van der Waals surface area contributed by atoms with Gasteiger partial charge in [-0.1, -0.05) is 12.1 Å². The molecule has 0 saturated carbocycles. The molecule has 0 spiro atoms. The van der Waals surface area contributed by atoms with Gasteiger partial charge in [0.1, 0.15) is 11.5 Å². The number of allylic oxidation sites excluding steroid dienone is 1. The lowest BCUT2D eigenvalue weighted by molar-refractivity contribution is 0.101. The van der Waals surface area contributed by atoms with Gasteiger partial charge < -0.3 is 24.2 Å². The number of fused-ring (bicyclic) bond motifs is 1. The van der Waals surface area contributed by atoms with Crippen LogP contribution < -0.4 is 9.64 Å². The van der Waals surface area contributed by atoms with Gasteiger partial charge in [-0.15, -0.1) is 0 Å². The minimum atomic E-state index is -0.187. The van der Waals surface area contributed by atoms with E-state index in [-0.39, 0.29) is 17.3 Å². The van der Waals surface area contributed by atoms with Crippen molar-refractivity contribution in [2.75, 3.05) is 59.5 Å². The number of phenols is 1. The van der Waals surface area contributed by atoms with E-state index in [1.165, 1.54) is 0 Å². The van der Waals surface area contributed by atoms with Crippen LogP contribution in [-0.4, -0.2) is 70.4 Å². The fourth-order valence-corrected chi connectivity index (χ4v) is 3.40. The third-order valence-electron chi connectivity index (χ3n) is 5.23. The second-order valence-electron chi connectivity index (χ2n) is 7.63. The second kappa shape index (κ2) is 10.4. The van der Waals surface area contributed by atoms with Crippen LogP contribution in [0, 0.1) is 0 Å². The maximum atomic E-state index is 12.9. The van der Waals surface area contributed by atoms with E-state index < -0.39 is 0 Å². The van der Waals surface area contributed by atoms with Gasteiger partial charge in [-0.3, -0.25) is 9.69 Å². The number of carbonyl (C=O) groups is 1. The van der Waals surface area contributed by atoms with E-state index in [2.05, 4.69) is 4.90 Å². The molecule has 1 N–H and O–H groups in total. The number of phenolic OH excluding ortho intramolecular Hbond substituents is 1. The molecule has 166 valence electrons. The smallest absolute Gasteiger partial charge is 0.231 e. The number of nitrogens with zero attached hydrogens (tertiary/aromatic N) is 2. The van der Waals surface area contributed by atoms with E-state index in [0.717, 1.165) is 11.3 Å². The molecule has 2 aromatic carbocycles. The summed E-state index contributed by atoms with van der Waals surface area (Å²) in [6.07, 6.45) is 1.73. The molecule has 31 heavy (non-hydrogen) atoms. The minimum absolute atomic E-state index is 0.1000. The van der Waals surface area contributed by atoms with Crippen molar-refractivity contribution in [3.05, 3.63) is 58.8 Å². The van der Waals surface area contributed by atoms with Crippen molar-refractivity contribution in [3.8, 4) is 11.5 Å².